The molecule has 0 bridgehead atoms. The average Bonchev–Trinajstić information content (AvgIpc) is 2.47. The molecule has 0 aromatic heterocycles. The first-order valence-electron chi connectivity index (χ1n) is 6.94. The Kier molecular flexibility index (Phi) is 6.98. The molecule has 0 radical (unpaired) electrons. The molecule has 0 fully saturated rings. The fourth-order valence-electron chi connectivity index (χ4n) is 1.74. The van der Waals surface area contributed by atoms with Gasteiger partial charge in [0.05, 0.1) is 11.5 Å². The molecule has 0 spiro atoms. The second-order valence-corrected chi connectivity index (χ2v) is 6.46. The maximum Gasteiger partial charge on any atom is 0.323 e. The first-order valence-corrected chi connectivity index (χ1v) is 8.43. The number of likely N-dealkylation sites (N-methyl/N-ethyl adjacent to an activating group) is 1. The molecule has 1 rings (SSSR count). The van der Waals surface area contributed by atoms with Crippen LogP contribution in [0, 0.1) is 0 Å². The Hall–Kier alpha value is -2.13. The van der Waals surface area contributed by atoms with Gasteiger partial charge in [0.25, 0.3) is 0 Å². The first-order chi connectivity index (χ1) is 10.8. The zero-order chi connectivity index (χ0) is 17.5. The van der Waals surface area contributed by atoms with E-state index in [1.165, 1.54) is 19.2 Å². The van der Waals surface area contributed by atoms with Crippen LogP contribution in [0.15, 0.2) is 29.2 Å². The molecule has 23 heavy (non-hydrogen) atoms. The minimum absolute atomic E-state index is 0.0623. The Balaban J connectivity index is 2.55. The van der Waals surface area contributed by atoms with E-state index < -0.39 is 28.4 Å². The number of carboxylic acid groups (broad SMARTS) is 1. The van der Waals surface area contributed by atoms with E-state index in [1.54, 1.807) is 12.1 Å². The number of nitrogens with one attached hydrogen (secondary N) is 1. The van der Waals surface area contributed by atoms with Gasteiger partial charge in [-0.05, 0) is 31.2 Å². The molecule has 2 N–H and O–H groups in total. The predicted molar refractivity (Wildman–Crippen MR) is 82.7 cm³/mol. The van der Waals surface area contributed by atoms with Gasteiger partial charge in [0.1, 0.15) is 12.3 Å². The van der Waals surface area contributed by atoms with Crippen LogP contribution in [0.5, 0.6) is 5.75 Å². The predicted octanol–water partition coefficient (Wildman–Crippen LogP) is 0.297. The lowest BCUT2D eigenvalue weighted by molar-refractivity contribution is -0.143. The maximum atomic E-state index is 12.1. The molecule has 0 heterocycles. The summed E-state index contributed by atoms with van der Waals surface area (Å²) in [6.07, 6.45) is -0.125. The zero-order valence-corrected chi connectivity index (χ0v) is 13.8. The second kappa shape index (κ2) is 8.49. The highest BCUT2D eigenvalue weighted by Gasteiger charge is 2.16. The van der Waals surface area contributed by atoms with Crippen molar-refractivity contribution < 1.29 is 27.9 Å². The normalized spacial score (nSPS) is 11.0. The molecular formula is C14H20N2O6S. The van der Waals surface area contributed by atoms with E-state index in [0.717, 1.165) is 4.90 Å². The van der Waals surface area contributed by atoms with Gasteiger partial charge in [-0.25, -0.2) is 13.1 Å². The summed E-state index contributed by atoms with van der Waals surface area (Å²) in [4.78, 5) is 23.2. The quantitative estimate of drug-likeness (QED) is 0.666. The van der Waals surface area contributed by atoms with Crippen LogP contribution in [-0.2, 0) is 19.6 Å². The van der Waals surface area contributed by atoms with Gasteiger partial charge in [-0.1, -0.05) is 0 Å². The summed E-state index contributed by atoms with van der Waals surface area (Å²) in [6, 6.07) is 5.91. The number of sulfonamides is 1. The van der Waals surface area contributed by atoms with Crippen molar-refractivity contribution in [2.45, 2.75) is 18.2 Å². The van der Waals surface area contributed by atoms with E-state index in [4.69, 9.17) is 9.84 Å². The molecule has 0 unspecified atom stereocenters. The smallest absolute Gasteiger partial charge is 0.323 e. The lowest BCUT2D eigenvalue weighted by Gasteiger charge is -2.14. The third-order valence-electron chi connectivity index (χ3n) is 2.87. The topological polar surface area (TPSA) is 113 Å². The Labute approximate surface area is 135 Å². The van der Waals surface area contributed by atoms with Crippen LogP contribution in [0.1, 0.15) is 13.3 Å². The molecule has 0 saturated carbocycles. The minimum Gasteiger partial charge on any atom is -0.494 e. The molecule has 8 nitrogen and oxygen atoms in total. The van der Waals surface area contributed by atoms with Crippen LogP contribution >= 0.6 is 0 Å². The Morgan fingerprint density at radius 1 is 1.26 bits per heavy atom. The number of amides is 1. The molecule has 0 aliphatic carbocycles. The van der Waals surface area contributed by atoms with E-state index >= 15 is 0 Å². The molecule has 9 heteroatoms. The van der Waals surface area contributed by atoms with Gasteiger partial charge in [0.15, 0.2) is 0 Å². The second-order valence-electron chi connectivity index (χ2n) is 4.70. The summed E-state index contributed by atoms with van der Waals surface area (Å²) >= 11 is 0. The van der Waals surface area contributed by atoms with E-state index in [1.807, 2.05) is 6.92 Å². The number of rotatable bonds is 9. The summed E-state index contributed by atoms with van der Waals surface area (Å²) in [6.45, 7) is 1.77. The van der Waals surface area contributed by atoms with Gasteiger partial charge < -0.3 is 14.7 Å². The Bertz CT molecular complexity index is 642. The molecule has 1 aromatic rings. The van der Waals surface area contributed by atoms with Crippen LogP contribution < -0.4 is 9.46 Å². The van der Waals surface area contributed by atoms with Crippen LogP contribution in [-0.4, -0.2) is 57.0 Å². The number of carbonyl (C=O) groups excluding carboxylic acids is 1. The highest BCUT2D eigenvalue weighted by atomic mass is 32.2. The SMILES string of the molecule is CCOc1ccc(S(=O)(=O)NCCC(=O)N(C)CC(=O)O)cc1. The van der Waals surface area contributed by atoms with Gasteiger partial charge in [-0.3, -0.25) is 9.59 Å². The number of carboxylic acids is 1. The van der Waals surface area contributed by atoms with E-state index in [2.05, 4.69) is 4.72 Å². The third kappa shape index (κ3) is 6.25. The van der Waals surface area contributed by atoms with Crippen LogP contribution in [0.25, 0.3) is 0 Å². The molecule has 128 valence electrons. The largest absolute Gasteiger partial charge is 0.494 e. The van der Waals surface area contributed by atoms with Crippen molar-refractivity contribution in [3.63, 3.8) is 0 Å². The molecule has 1 aromatic carbocycles. The Morgan fingerprint density at radius 3 is 2.39 bits per heavy atom. The van der Waals surface area contributed by atoms with E-state index in [9.17, 15) is 18.0 Å². The molecule has 0 saturated heterocycles. The van der Waals surface area contributed by atoms with Crippen molar-refractivity contribution in [2.75, 3.05) is 26.7 Å². The monoisotopic (exact) mass is 344 g/mol. The standard InChI is InChI=1S/C14H20N2O6S/c1-3-22-11-4-6-12(7-5-11)23(20,21)15-9-8-13(17)16(2)10-14(18)19/h4-7,15H,3,8-10H2,1-2H3,(H,18,19). The van der Waals surface area contributed by atoms with Crippen molar-refractivity contribution in [3.8, 4) is 5.75 Å². The number of hydrogen-bond acceptors (Lipinski definition) is 5. The van der Waals surface area contributed by atoms with Gasteiger partial charge in [-0.15, -0.1) is 0 Å². The fourth-order valence-corrected chi connectivity index (χ4v) is 2.77. The number of benzene rings is 1. The van der Waals surface area contributed by atoms with E-state index in [-0.39, 0.29) is 17.9 Å². The summed E-state index contributed by atoms with van der Waals surface area (Å²) in [5.74, 6) is -1.02. The van der Waals surface area contributed by atoms with Gasteiger partial charge in [0.2, 0.25) is 15.9 Å². The van der Waals surface area contributed by atoms with Gasteiger partial charge >= 0.3 is 5.97 Å². The van der Waals surface area contributed by atoms with Crippen LogP contribution in [0.2, 0.25) is 0 Å². The van der Waals surface area contributed by atoms with Gasteiger partial charge in [-0.2, -0.15) is 0 Å². The first kappa shape index (κ1) is 18.9. The lowest BCUT2D eigenvalue weighted by Crippen LogP contribution is -2.35. The van der Waals surface area contributed by atoms with Gasteiger partial charge in [0, 0.05) is 20.0 Å². The summed E-state index contributed by atoms with van der Waals surface area (Å²) in [5, 5.41) is 8.58. The van der Waals surface area contributed by atoms with Crippen molar-refractivity contribution in [3.05, 3.63) is 24.3 Å². The summed E-state index contributed by atoms with van der Waals surface area (Å²) in [7, 11) is -2.38. The molecular weight excluding hydrogens is 324 g/mol. The number of carbonyl (C=O) groups is 2. The lowest BCUT2D eigenvalue weighted by atomic mass is 10.3. The Morgan fingerprint density at radius 2 is 1.87 bits per heavy atom. The van der Waals surface area contributed by atoms with Crippen molar-refractivity contribution >= 4 is 21.9 Å². The summed E-state index contributed by atoms with van der Waals surface area (Å²) < 4.78 is 31.7. The van der Waals surface area contributed by atoms with Crippen molar-refractivity contribution in [1.82, 2.24) is 9.62 Å². The molecule has 0 aliphatic rings. The van der Waals surface area contributed by atoms with Crippen molar-refractivity contribution in [2.24, 2.45) is 0 Å². The van der Waals surface area contributed by atoms with Crippen LogP contribution in [0.4, 0.5) is 0 Å². The molecule has 1 amide bonds. The third-order valence-corrected chi connectivity index (χ3v) is 4.35. The highest BCUT2D eigenvalue weighted by Crippen LogP contribution is 2.15. The summed E-state index contributed by atoms with van der Waals surface area (Å²) in [5.41, 5.74) is 0. The fraction of sp³-hybridized carbons (Fsp3) is 0.429. The number of hydrogen-bond donors (Lipinski definition) is 2. The average molecular weight is 344 g/mol. The minimum atomic E-state index is -3.73. The van der Waals surface area contributed by atoms with E-state index in [0.29, 0.717) is 12.4 Å². The molecule has 0 atom stereocenters. The number of aliphatic carboxylic acids is 1. The highest BCUT2D eigenvalue weighted by molar-refractivity contribution is 7.89. The molecule has 0 aliphatic heterocycles. The zero-order valence-electron chi connectivity index (χ0n) is 13.0. The van der Waals surface area contributed by atoms with Crippen molar-refractivity contribution in [1.29, 1.82) is 0 Å². The van der Waals surface area contributed by atoms with Crippen LogP contribution in [0.3, 0.4) is 0 Å². The maximum absolute atomic E-state index is 12.1. The number of nitrogens with zero attached hydrogens (tertiary/aromatic N) is 1. The number of ether oxygens (including phenoxy) is 1.